The largest absolute Gasteiger partial charge is 0.370 e. The third kappa shape index (κ3) is 4.26. The van der Waals surface area contributed by atoms with E-state index in [2.05, 4.69) is 56.8 Å². The summed E-state index contributed by atoms with van der Waals surface area (Å²) in [5.74, 6) is 0. The molecule has 3 fully saturated rings. The second kappa shape index (κ2) is 8.71. The predicted octanol–water partition coefficient (Wildman–Crippen LogP) is 1.63. The molecule has 164 valence electrons. The minimum absolute atomic E-state index is 0.177. The van der Waals surface area contributed by atoms with Gasteiger partial charge in [-0.2, -0.15) is 5.26 Å². The number of rotatable bonds is 4. The monoisotopic (exact) mass is 420 g/mol. The molecule has 0 saturated carbocycles. The first kappa shape index (κ1) is 20.7. The van der Waals surface area contributed by atoms with Gasteiger partial charge in [0.05, 0.1) is 23.3 Å². The minimum Gasteiger partial charge on any atom is -0.370 e. The second-order valence-corrected chi connectivity index (χ2v) is 9.33. The van der Waals surface area contributed by atoms with Gasteiger partial charge in [0.2, 0.25) is 0 Å². The molecule has 0 spiro atoms. The Balaban J connectivity index is 1.24. The molecule has 7 heteroatoms. The topological polar surface area (TPSA) is 58.9 Å². The van der Waals surface area contributed by atoms with E-state index < -0.39 is 0 Å². The van der Waals surface area contributed by atoms with E-state index in [1.807, 2.05) is 12.1 Å². The highest BCUT2D eigenvalue weighted by molar-refractivity contribution is 5.95. The van der Waals surface area contributed by atoms with Gasteiger partial charge < -0.3 is 14.5 Å². The van der Waals surface area contributed by atoms with Crippen LogP contribution in [0.25, 0.3) is 10.9 Å². The maximum Gasteiger partial charge on any atom is 0.101 e. The lowest BCUT2D eigenvalue weighted by molar-refractivity contribution is -0.0609. The standard InChI is InChI=1S/C24H32N6O/c1-18-13-30(23-6-5-19(12-25)24-22(23)4-3-7-26-24)17-21(31-18)16-28-14-20(15-28)29-10-8-27(2)9-11-29/h3-7,18,20-21H,8-11,13-17H2,1-2H3/t18-,21+/m1/s1. The van der Waals surface area contributed by atoms with Crippen LogP contribution in [0.1, 0.15) is 12.5 Å². The van der Waals surface area contributed by atoms with Crippen molar-refractivity contribution in [1.29, 1.82) is 5.26 Å². The summed E-state index contributed by atoms with van der Waals surface area (Å²) in [6, 6.07) is 11.0. The first-order valence-corrected chi connectivity index (χ1v) is 11.4. The van der Waals surface area contributed by atoms with E-state index in [9.17, 15) is 5.26 Å². The number of ether oxygens (including phenoxy) is 1. The summed E-state index contributed by atoms with van der Waals surface area (Å²) in [5, 5.41) is 10.5. The summed E-state index contributed by atoms with van der Waals surface area (Å²) < 4.78 is 6.32. The summed E-state index contributed by atoms with van der Waals surface area (Å²) in [4.78, 5) is 14.5. The number of morpholine rings is 1. The first-order chi connectivity index (χ1) is 15.1. The van der Waals surface area contributed by atoms with Crippen LogP contribution in [0.4, 0.5) is 5.69 Å². The third-order valence-electron chi connectivity index (χ3n) is 6.99. The van der Waals surface area contributed by atoms with Gasteiger partial charge in [0.15, 0.2) is 0 Å². The third-order valence-corrected chi connectivity index (χ3v) is 6.99. The van der Waals surface area contributed by atoms with Gasteiger partial charge in [-0.3, -0.25) is 14.8 Å². The van der Waals surface area contributed by atoms with Crippen molar-refractivity contribution in [1.82, 2.24) is 19.7 Å². The molecular weight excluding hydrogens is 388 g/mol. The predicted molar refractivity (Wildman–Crippen MR) is 122 cm³/mol. The summed E-state index contributed by atoms with van der Waals surface area (Å²) >= 11 is 0. The molecule has 2 aromatic rings. The zero-order chi connectivity index (χ0) is 21.4. The molecule has 4 heterocycles. The number of nitriles is 1. The molecular formula is C24H32N6O. The highest BCUT2D eigenvalue weighted by atomic mass is 16.5. The van der Waals surface area contributed by atoms with Crippen molar-refractivity contribution in [3.05, 3.63) is 36.0 Å². The van der Waals surface area contributed by atoms with E-state index >= 15 is 0 Å². The summed E-state index contributed by atoms with van der Waals surface area (Å²) in [6.07, 6.45) is 2.13. The number of hydrogen-bond acceptors (Lipinski definition) is 7. The Morgan fingerprint density at radius 3 is 2.68 bits per heavy atom. The van der Waals surface area contributed by atoms with Gasteiger partial charge in [-0.25, -0.2) is 0 Å². The highest BCUT2D eigenvalue weighted by Crippen LogP contribution is 2.30. The average molecular weight is 421 g/mol. The van der Waals surface area contributed by atoms with E-state index in [0.717, 1.165) is 49.3 Å². The molecule has 5 rings (SSSR count). The molecule has 1 aromatic carbocycles. The number of pyridine rings is 1. The van der Waals surface area contributed by atoms with E-state index in [0.29, 0.717) is 11.6 Å². The van der Waals surface area contributed by atoms with E-state index in [1.54, 1.807) is 6.20 Å². The van der Waals surface area contributed by atoms with Crippen LogP contribution in [0.5, 0.6) is 0 Å². The van der Waals surface area contributed by atoms with Crippen LogP contribution in [-0.4, -0.2) is 104 Å². The molecule has 1 aromatic heterocycles. The van der Waals surface area contributed by atoms with E-state index in [4.69, 9.17) is 4.74 Å². The lowest BCUT2D eigenvalue weighted by Crippen LogP contribution is -2.64. The van der Waals surface area contributed by atoms with Crippen LogP contribution in [0.15, 0.2) is 30.5 Å². The smallest absolute Gasteiger partial charge is 0.101 e. The number of likely N-dealkylation sites (tertiary alicyclic amines) is 1. The number of anilines is 1. The van der Waals surface area contributed by atoms with Gasteiger partial charge in [-0.15, -0.1) is 0 Å². The maximum atomic E-state index is 9.45. The Labute approximate surface area is 184 Å². The van der Waals surface area contributed by atoms with E-state index in [1.165, 1.54) is 26.2 Å². The van der Waals surface area contributed by atoms with Crippen molar-refractivity contribution in [2.75, 3.05) is 70.9 Å². The fourth-order valence-electron chi connectivity index (χ4n) is 5.26. The molecule has 2 atom stereocenters. The second-order valence-electron chi connectivity index (χ2n) is 9.33. The van der Waals surface area contributed by atoms with Crippen LogP contribution in [-0.2, 0) is 4.74 Å². The van der Waals surface area contributed by atoms with Crippen LogP contribution in [0.2, 0.25) is 0 Å². The maximum absolute atomic E-state index is 9.45. The highest BCUT2D eigenvalue weighted by Gasteiger charge is 2.36. The van der Waals surface area contributed by atoms with Gasteiger partial charge in [0, 0.05) is 82.2 Å². The van der Waals surface area contributed by atoms with Crippen LogP contribution < -0.4 is 4.90 Å². The number of likely N-dealkylation sites (N-methyl/N-ethyl adjacent to an activating group) is 1. The zero-order valence-electron chi connectivity index (χ0n) is 18.6. The zero-order valence-corrected chi connectivity index (χ0v) is 18.6. The molecule has 31 heavy (non-hydrogen) atoms. The molecule has 0 aliphatic carbocycles. The summed E-state index contributed by atoms with van der Waals surface area (Å²) in [7, 11) is 2.21. The molecule has 7 nitrogen and oxygen atoms in total. The van der Waals surface area contributed by atoms with Crippen LogP contribution >= 0.6 is 0 Å². The Morgan fingerprint density at radius 2 is 1.90 bits per heavy atom. The van der Waals surface area contributed by atoms with Crippen molar-refractivity contribution in [3.63, 3.8) is 0 Å². The summed E-state index contributed by atoms with van der Waals surface area (Å²) in [6.45, 7) is 11.9. The quantitative estimate of drug-likeness (QED) is 0.745. The number of aromatic nitrogens is 1. The average Bonchev–Trinajstić information content (AvgIpc) is 2.75. The molecule has 3 aliphatic rings. The first-order valence-electron chi connectivity index (χ1n) is 11.4. The van der Waals surface area contributed by atoms with Crippen molar-refractivity contribution in [2.24, 2.45) is 0 Å². The van der Waals surface area contributed by atoms with Crippen molar-refractivity contribution in [2.45, 2.75) is 25.2 Å². The number of fused-ring (bicyclic) bond motifs is 1. The summed E-state index contributed by atoms with van der Waals surface area (Å²) in [5.41, 5.74) is 2.57. The fraction of sp³-hybridized carbons (Fsp3) is 0.583. The lowest BCUT2D eigenvalue weighted by atomic mass is 10.0. The Hall–Kier alpha value is -2.24. The lowest BCUT2D eigenvalue weighted by Gasteiger charge is -2.49. The Morgan fingerprint density at radius 1 is 1.10 bits per heavy atom. The van der Waals surface area contributed by atoms with Crippen LogP contribution in [0, 0.1) is 11.3 Å². The fourth-order valence-corrected chi connectivity index (χ4v) is 5.26. The Bertz CT molecular complexity index is 960. The normalized spacial score (nSPS) is 26.7. The van der Waals surface area contributed by atoms with Gasteiger partial charge in [0.1, 0.15) is 6.07 Å². The van der Waals surface area contributed by atoms with Gasteiger partial charge in [0.25, 0.3) is 0 Å². The number of hydrogen-bond donors (Lipinski definition) is 0. The number of benzene rings is 1. The van der Waals surface area contributed by atoms with E-state index in [-0.39, 0.29) is 12.2 Å². The van der Waals surface area contributed by atoms with Gasteiger partial charge in [-0.1, -0.05) is 0 Å². The molecule has 0 N–H and O–H groups in total. The molecule has 3 saturated heterocycles. The Kier molecular flexibility index (Phi) is 5.81. The molecule has 0 amide bonds. The molecule has 0 bridgehead atoms. The van der Waals surface area contributed by atoms with Gasteiger partial charge in [-0.05, 0) is 38.2 Å². The molecule has 0 unspecified atom stereocenters. The minimum atomic E-state index is 0.177. The van der Waals surface area contributed by atoms with Crippen LogP contribution in [0.3, 0.4) is 0 Å². The SMILES string of the molecule is C[C@@H]1CN(c2ccc(C#N)c3ncccc23)C[C@H](CN2CC(N3CCN(C)CC3)C2)O1. The van der Waals surface area contributed by atoms with Crippen molar-refractivity contribution in [3.8, 4) is 6.07 Å². The van der Waals surface area contributed by atoms with Gasteiger partial charge >= 0.3 is 0 Å². The van der Waals surface area contributed by atoms with Crippen molar-refractivity contribution < 1.29 is 4.74 Å². The van der Waals surface area contributed by atoms with Crippen molar-refractivity contribution >= 4 is 16.6 Å². The molecule has 0 radical (unpaired) electrons. The number of nitrogens with zero attached hydrogens (tertiary/aromatic N) is 6. The molecule has 3 aliphatic heterocycles. The number of piperazine rings is 1.